The van der Waals surface area contributed by atoms with Gasteiger partial charge in [0, 0.05) is 34.7 Å². The van der Waals surface area contributed by atoms with Crippen LogP contribution in [0.15, 0.2) is 76.9 Å². The average Bonchev–Trinajstić information content (AvgIpc) is 3.39. The first-order valence-corrected chi connectivity index (χ1v) is 21.0. The van der Waals surface area contributed by atoms with Crippen LogP contribution in [0.25, 0.3) is 6.08 Å². The Bertz CT molecular complexity index is 2220. The Morgan fingerprint density at radius 2 is 1.62 bits per heavy atom. The molecule has 1 fully saturated rings. The minimum Gasteiger partial charge on any atom is -0.506 e. The topological polar surface area (TPSA) is 192 Å². The fourth-order valence-electron chi connectivity index (χ4n) is 8.67. The summed E-state index contributed by atoms with van der Waals surface area (Å²) in [6, 6.07) is 6.72. The molecule has 2 aromatic carbocycles. The molecule has 1 saturated heterocycles. The standard InChI is InChI=1S/C38H46O9.C11H15NO2/c1-21(2)11-10-18-36(8)19-17-24-29(39)28-30(40)26-12-9-13-27-35(6,7)47-37(34(43)44,20-16-23(5)33(41)42)38(26,27)46-32(28)25(31(24)45-36)15-14-22(3)4;1-2-3-8-14-11(13)9-4-6-10(12)7-5-9/h11-12,14,16-17,19,27,39H,9-10,13,15,18,20H2,1-8H3,(H,41,42)(H,43,44);4-7H,2-3,8,12H2,1H3. The van der Waals surface area contributed by atoms with Crippen LogP contribution in [0.3, 0.4) is 0 Å². The number of carbonyl (C=O) groups is 4. The predicted molar refractivity (Wildman–Crippen MR) is 234 cm³/mol. The van der Waals surface area contributed by atoms with Gasteiger partial charge in [0.05, 0.1) is 23.3 Å². The van der Waals surface area contributed by atoms with Crippen molar-refractivity contribution >= 4 is 35.5 Å². The Hall–Kier alpha value is -5.62. The summed E-state index contributed by atoms with van der Waals surface area (Å²) in [5, 5.41) is 32.4. The van der Waals surface area contributed by atoms with Gasteiger partial charge < -0.3 is 40.0 Å². The molecule has 0 aromatic heterocycles. The number of esters is 1. The van der Waals surface area contributed by atoms with Gasteiger partial charge in [0.2, 0.25) is 5.60 Å². The number of nitrogens with two attached hydrogens (primary N) is 1. The number of hydrogen-bond acceptors (Lipinski definition) is 10. The summed E-state index contributed by atoms with van der Waals surface area (Å²) in [6.45, 7) is 17.4. The van der Waals surface area contributed by atoms with Crippen LogP contribution in [0.1, 0.15) is 139 Å². The molecule has 4 aliphatic rings. The molecule has 5 N–H and O–H groups in total. The zero-order valence-electron chi connectivity index (χ0n) is 36.9. The van der Waals surface area contributed by atoms with Gasteiger partial charge in [0.1, 0.15) is 28.4 Å². The van der Waals surface area contributed by atoms with E-state index in [0.717, 1.165) is 24.8 Å². The van der Waals surface area contributed by atoms with Crippen molar-refractivity contribution in [2.24, 2.45) is 5.92 Å². The van der Waals surface area contributed by atoms with Gasteiger partial charge >= 0.3 is 17.9 Å². The molecule has 328 valence electrons. The molecular weight excluding hydrogens is 779 g/mol. The number of ether oxygens (including phenoxy) is 4. The highest BCUT2D eigenvalue weighted by Gasteiger charge is 2.77. The summed E-state index contributed by atoms with van der Waals surface area (Å²) in [6.07, 6.45) is 15.0. The van der Waals surface area contributed by atoms with Gasteiger partial charge in [0.25, 0.3) is 0 Å². The largest absolute Gasteiger partial charge is 0.506 e. The Kier molecular flexibility index (Phi) is 13.8. The average molecular weight is 840 g/mol. The van der Waals surface area contributed by atoms with Crippen LogP contribution in [0.5, 0.6) is 17.2 Å². The number of hydrogen-bond donors (Lipinski definition) is 4. The highest BCUT2D eigenvalue weighted by Crippen LogP contribution is 2.64. The number of phenols is 1. The number of rotatable bonds is 13. The van der Waals surface area contributed by atoms with Gasteiger partial charge in [0.15, 0.2) is 11.4 Å². The molecule has 0 amide bonds. The second-order valence-corrected chi connectivity index (χ2v) is 17.6. The smallest absolute Gasteiger partial charge is 0.340 e. The van der Waals surface area contributed by atoms with E-state index in [-0.39, 0.29) is 40.6 Å². The molecule has 1 aliphatic carbocycles. The molecule has 0 radical (unpaired) electrons. The molecular formula is C49H61NO11. The molecule has 4 atom stereocenters. The van der Waals surface area contributed by atoms with Crippen LogP contribution < -0.4 is 15.2 Å². The van der Waals surface area contributed by atoms with E-state index in [0.29, 0.717) is 60.4 Å². The van der Waals surface area contributed by atoms with Gasteiger partial charge in [-0.25, -0.2) is 14.4 Å². The third-order valence-corrected chi connectivity index (χ3v) is 11.9. The fourth-order valence-corrected chi connectivity index (χ4v) is 8.67. The zero-order chi connectivity index (χ0) is 45.1. The maximum atomic E-state index is 14.7. The van der Waals surface area contributed by atoms with Crippen LogP contribution in [0.2, 0.25) is 0 Å². The van der Waals surface area contributed by atoms with Crippen LogP contribution in [0.4, 0.5) is 5.69 Å². The molecule has 3 aliphatic heterocycles. The second kappa shape index (κ2) is 18.2. The SMILES string of the molecule is CC(C)=CCCC1(C)C=Cc2c(O)c3c(c(CC=C(C)C)c2O1)OC12C(=CCCC1C(C)(C)OC2(CC=C(C)C(=O)O)C(=O)O)C3=O.CCCCOC(=O)c1ccc(N)cc1. The molecule has 4 unspecified atom stereocenters. The number of allylic oxidation sites excluding steroid dienone is 5. The van der Waals surface area contributed by atoms with Crippen molar-refractivity contribution in [1.82, 2.24) is 0 Å². The maximum absolute atomic E-state index is 14.7. The Balaban J connectivity index is 0.000000427. The van der Waals surface area contributed by atoms with E-state index in [9.17, 15) is 34.5 Å². The fraction of sp³-hybridized carbons (Fsp3) is 0.469. The number of carboxylic acid groups (broad SMARTS) is 2. The first kappa shape index (κ1) is 46.4. The molecule has 0 saturated carbocycles. The third-order valence-electron chi connectivity index (χ3n) is 11.9. The van der Waals surface area contributed by atoms with Crippen LogP contribution in [0, 0.1) is 5.92 Å². The number of carbonyl (C=O) groups excluding carboxylic acids is 2. The summed E-state index contributed by atoms with van der Waals surface area (Å²) in [5.41, 5.74) is 4.03. The number of aliphatic carboxylic acids is 2. The lowest BCUT2D eigenvalue weighted by Gasteiger charge is -2.50. The molecule has 12 nitrogen and oxygen atoms in total. The monoisotopic (exact) mass is 839 g/mol. The quantitative estimate of drug-likeness (QED) is 0.0492. The van der Waals surface area contributed by atoms with Gasteiger partial charge in [-0.2, -0.15) is 0 Å². The lowest BCUT2D eigenvalue weighted by molar-refractivity contribution is -0.184. The Morgan fingerprint density at radius 1 is 0.951 bits per heavy atom. The summed E-state index contributed by atoms with van der Waals surface area (Å²) in [7, 11) is 0. The summed E-state index contributed by atoms with van der Waals surface area (Å²) in [5.74, 6) is -3.81. The number of ketones is 1. The number of aromatic hydroxyl groups is 1. The zero-order valence-corrected chi connectivity index (χ0v) is 36.9. The number of fused-ring (bicyclic) bond motifs is 2. The number of carboxylic acids is 2. The van der Waals surface area contributed by atoms with Crippen LogP contribution in [-0.2, 0) is 25.5 Å². The summed E-state index contributed by atoms with van der Waals surface area (Å²) < 4.78 is 25.3. The van der Waals surface area contributed by atoms with Crippen molar-refractivity contribution < 1.29 is 53.4 Å². The molecule has 1 spiro atoms. The lowest BCUT2D eigenvalue weighted by Crippen LogP contribution is -2.66. The number of anilines is 1. The van der Waals surface area contributed by atoms with Gasteiger partial charge in [-0.15, -0.1) is 0 Å². The molecule has 0 bridgehead atoms. The highest BCUT2D eigenvalue weighted by atomic mass is 16.6. The van der Waals surface area contributed by atoms with Crippen molar-refractivity contribution in [3.63, 3.8) is 0 Å². The summed E-state index contributed by atoms with van der Waals surface area (Å²) in [4.78, 5) is 51.4. The number of unbranched alkanes of at least 4 members (excludes halogenated alkanes) is 1. The predicted octanol–water partition coefficient (Wildman–Crippen LogP) is 9.74. The van der Waals surface area contributed by atoms with Crippen molar-refractivity contribution in [2.75, 3.05) is 12.3 Å². The second-order valence-electron chi connectivity index (χ2n) is 17.6. The van der Waals surface area contributed by atoms with Crippen molar-refractivity contribution in [1.29, 1.82) is 0 Å². The third kappa shape index (κ3) is 9.05. The van der Waals surface area contributed by atoms with E-state index in [4.69, 9.17) is 24.7 Å². The van der Waals surface area contributed by atoms with Gasteiger partial charge in [-0.1, -0.05) is 48.8 Å². The molecule has 3 heterocycles. The van der Waals surface area contributed by atoms with Crippen molar-refractivity contribution in [3.05, 3.63) is 99.2 Å². The first-order chi connectivity index (χ1) is 28.6. The van der Waals surface area contributed by atoms with E-state index < -0.39 is 46.0 Å². The number of nitrogen functional groups attached to an aromatic ring is 1. The molecule has 12 heteroatoms. The Labute approximate surface area is 358 Å². The van der Waals surface area contributed by atoms with Crippen molar-refractivity contribution in [3.8, 4) is 17.2 Å². The van der Waals surface area contributed by atoms with Gasteiger partial charge in [-0.3, -0.25) is 4.79 Å². The minimum absolute atomic E-state index is 0.0407. The number of Topliss-reactive ketones (excluding diaryl/α,β-unsaturated/α-hetero) is 1. The summed E-state index contributed by atoms with van der Waals surface area (Å²) >= 11 is 0. The van der Waals surface area contributed by atoms with Gasteiger partial charge in [-0.05, 0) is 130 Å². The van der Waals surface area contributed by atoms with E-state index in [2.05, 4.69) is 13.0 Å². The Morgan fingerprint density at radius 3 is 2.23 bits per heavy atom. The molecule has 6 rings (SSSR count). The lowest BCUT2D eigenvalue weighted by atomic mass is 9.60. The molecule has 2 aromatic rings. The maximum Gasteiger partial charge on any atom is 0.340 e. The van der Waals surface area contributed by atoms with E-state index in [1.807, 2.05) is 46.8 Å². The highest BCUT2D eigenvalue weighted by molar-refractivity contribution is 6.17. The molecule has 61 heavy (non-hydrogen) atoms. The van der Waals surface area contributed by atoms with E-state index >= 15 is 0 Å². The van der Waals surface area contributed by atoms with Crippen LogP contribution in [-0.4, -0.2) is 68.0 Å². The normalized spacial score (nSPS) is 24.1. The van der Waals surface area contributed by atoms with Crippen LogP contribution >= 0.6 is 0 Å². The number of benzene rings is 2. The number of phenolic OH excluding ortho intramolecular Hbond substituents is 1. The van der Waals surface area contributed by atoms with Crippen molar-refractivity contribution in [2.45, 2.75) is 136 Å². The van der Waals surface area contributed by atoms with E-state index in [1.165, 1.54) is 18.6 Å². The van der Waals surface area contributed by atoms with E-state index in [1.54, 1.807) is 50.3 Å². The minimum atomic E-state index is -2.16. The first-order valence-electron chi connectivity index (χ1n) is 21.0.